The summed E-state index contributed by atoms with van der Waals surface area (Å²) in [4.78, 5) is 11.4. The third-order valence-corrected chi connectivity index (χ3v) is 3.49. The monoisotopic (exact) mass is 259 g/mol. The Morgan fingerprint density at radius 2 is 1.94 bits per heavy atom. The van der Waals surface area contributed by atoms with Crippen LogP contribution < -0.4 is 5.32 Å². The van der Waals surface area contributed by atoms with Crippen molar-refractivity contribution in [1.82, 2.24) is 0 Å². The van der Waals surface area contributed by atoms with E-state index in [4.69, 9.17) is 11.6 Å². The average molecular weight is 260 g/mol. The summed E-state index contributed by atoms with van der Waals surface area (Å²) >= 11 is 5.90. The predicted octanol–water partition coefficient (Wildman–Crippen LogP) is 3.43. The fourth-order valence-electron chi connectivity index (χ4n) is 2.33. The fraction of sp³-hybridized carbons (Fsp3) is 0.0714. The van der Waals surface area contributed by atoms with Crippen LogP contribution in [0, 0.1) is 0 Å². The minimum atomic E-state index is -0.490. The van der Waals surface area contributed by atoms with E-state index < -0.39 is 5.92 Å². The van der Waals surface area contributed by atoms with Gasteiger partial charge in [0.1, 0.15) is 12.0 Å². The van der Waals surface area contributed by atoms with Gasteiger partial charge in [-0.05, 0) is 23.8 Å². The first-order valence-electron chi connectivity index (χ1n) is 5.55. The number of carbonyl (C=O) groups is 1. The van der Waals surface area contributed by atoms with Crippen molar-refractivity contribution in [3.05, 3.63) is 52.5 Å². The van der Waals surface area contributed by atoms with Crippen molar-refractivity contribution in [3.8, 4) is 5.75 Å². The van der Waals surface area contributed by atoms with Crippen LogP contribution in [0.3, 0.4) is 0 Å². The summed E-state index contributed by atoms with van der Waals surface area (Å²) in [6, 6.07) is 10.9. The summed E-state index contributed by atoms with van der Waals surface area (Å²) in [7, 11) is 0. The Kier molecular flexibility index (Phi) is 2.49. The van der Waals surface area contributed by atoms with Gasteiger partial charge in [-0.1, -0.05) is 29.8 Å². The molecule has 4 heteroatoms. The van der Waals surface area contributed by atoms with Gasteiger partial charge < -0.3 is 15.2 Å². The number of phenolic OH excluding ortho intramolecular Hbond substituents is 1. The second-order valence-corrected chi connectivity index (χ2v) is 4.59. The fourth-order valence-corrected chi connectivity index (χ4v) is 2.49. The lowest BCUT2D eigenvalue weighted by Crippen LogP contribution is -2.14. The molecule has 0 saturated heterocycles. The zero-order valence-corrected chi connectivity index (χ0v) is 10.1. The number of fused-ring (bicyclic) bond motifs is 2. The Hall–Kier alpha value is -2.00. The Labute approximate surface area is 109 Å². The van der Waals surface area contributed by atoms with Gasteiger partial charge >= 0.3 is 0 Å². The number of phenols is 1. The summed E-state index contributed by atoms with van der Waals surface area (Å²) in [6.45, 7) is 0. The number of halogens is 1. The average Bonchev–Trinajstić information content (AvgIpc) is 2.41. The van der Waals surface area contributed by atoms with E-state index in [1.165, 1.54) is 0 Å². The van der Waals surface area contributed by atoms with Crippen LogP contribution in [0.15, 0.2) is 36.4 Å². The molecule has 1 aliphatic rings. The van der Waals surface area contributed by atoms with Crippen molar-refractivity contribution in [3.63, 3.8) is 0 Å². The minimum absolute atomic E-state index is 0.0340. The lowest BCUT2D eigenvalue weighted by Gasteiger charge is -2.27. The van der Waals surface area contributed by atoms with E-state index in [0.717, 1.165) is 17.5 Å². The molecule has 3 rings (SSSR count). The Morgan fingerprint density at radius 3 is 2.72 bits per heavy atom. The van der Waals surface area contributed by atoms with Crippen LogP contribution >= 0.6 is 11.6 Å². The number of para-hydroxylation sites is 1. The molecule has 0 fully saturated rings. The third kappa shape index (κ3) is 1.48. The maximum atomic E-state index is 11.4. The van der Waals surface area contributed by atoms with Crippen molar-refractivity contribution >= 4 is 29.3 Å². The van der Waals surface area contributed by atoms with Crippen molar-refractivity contribution in [2.24, 2.45) is 0 Å². The molecule has 0 amide bonds. The van der Waals surface area contributed by atoms with E-state index in [1.54, 1.807) is 12.1 Å². The smallest absolute Gasteiger partial charge is 0.140 e. The SMILES string of the molecule is O=CC1c2ccccc2Nc2ccc(Cl)c(O)c21. The lowest BCUT2D eigenvalue weighted by molar-refractivity contribution is -0.108. The number of benzene rings is 2. The van der Waals surface area contributed by atoms with Gasteiger partial charge in [-0.2, -0.15) is 0 Å². The van der Waals surface area contributed by atoms with Gasteiger partial charge in [-0.15, -0.1) is 0 Å². The molecule has 0 radical (unpaired) electrons. The van der Waals surface area contributed by atoms with Crippen molar-refractivity contribution in [2.75, 3.05) is 5.32 Å². The molecular formula is C14H10ClNO2. The summed E-state index contributed by atoms with van der Waals surface area (Å²) in [5.74, 6) is -0.524. The molecule has 2 aromatic carbocycles. The molecule has 0 spiro atoms. The molecule has 2 aromatic rings. The van der Waals surface area contributed by atoms with Crippen LogP contribution in [-0.4, -0.2) is 11.4 Å². The number of hydrogen-bond donors (Lipinski definition) is 2. The van der Waals surface area contributed by atoms with Gasteiger partial charge in [0.15, 0.2) is 0 Å². The number of nitrogens with one attached hydrogen (secondary N) is 1. The van der Waals surface area contributed by atoms with Gasteiger partial charge in [-0.25, -0.2) is 0 Å². The minimum Gasteiger partial charge on any atom is -0.506 e. The zero-order valence-electron chi connectivity index (χ0n) is 9.35. The predicted molar refractivity (Wildman–Crippen MR) is 70.7 cm³/mol. The highest BCUT2D eigenvalue weighted by molar-refractivity contribution is 6.32. The largest absolute Gasteiger partial charge is 0.506 e. The second kappa shape index (κ2) is 4.03. The molecular weight excluding hydrogens is 250 g/mol. The van der Waals surface area contributed by atoms with Crippen LogP contribution in [0.25, 0.3) is 0 Å². The Balaban J connectivity index is 2.28. The van der Waals surface area contributed by atoms with Crippen molar-refractivity contribution in [2.45, 2.75) is 5.92 Å². The highest BCUT2D eigenvalue weighted by Crippen LogP contribution is 2.46. The lowest BCUT2D eigenvalue weighted by atomic mass is 9.86. The van der Waals surface area contributed by atoms with E-state index in [1.807, 2.05) is 24.3 Å². The van der Waals surface area contributed by atoms with E-state index in [2.05, 4.69) is 5.32 Å². The summed E-state index contributed by atoms with van der Waals surface area (Å²) in [6.07, 6.45) is 0.828. The van der Waals surface area contributed by atoms with Crippen LogP contribution in [-0.2, 0) is 4.79 Å². The molecule has 1 atom stereocenters. The van der Waals surface area contributed by atoms with Gasteiger partial charge in [0.2, 0.25) is 0 Å². The number of rotatable bonds is 1. The van der Waals surface area contributed by atoms with Gasteiger partial charge in [0.05, 0.1) is 10.9 Å². The molecule has 1 aliphatic heterocycles. The highest BCUT2D eigenvalue weighted by Gasteiger charge is 2.28. The Bertz CT molecular complexity index is 640. The number of carbonyl (C=O) groups excluding carboxylic acids is 1. The molecule has 1 heterocycles. The van der Waals surface area contributed by atoms with E-state index in [-0.39, 0.29) is 10.8 Å². The molecule has 3 nitrogen and oxygen atoms in total. The van der Waals surface area contributed by atoms with E-state index in [9.17, 15) is 9.90 Å². The summed E-state index contributed by atoms with van der Waals surface area (Å²) < 4.78 is 0. The molecule has 0 bridgehead atoms. The van der Waals surface area contributed by atoms with Crippen LogP contribution in [0.5, 0.6) is 5.75 Å². The van der Waals surface area contributed by atoms with Gasteiger partial charge in [0, 0.05) is 16.9 Å². The molecule has 18 heavy (non-hydrogen) atoms. The van der Waals surface area contributed by atoms with E-state index in [0.29, 0.717) is 11.3 Å². The standard InChI is InChI=1S/C14H10ClNO2/c15-10-5-6-12-13(14(10)18)9(7-17)8-3-1-2-4-11(8)16-12/h1-7,9,16,18H. The highest BCUT2D eigenvalue weighted by atomic mass is 35.5. The van der Waals surface area contributed by atoms with Crippen LogP contribution in [0.1, 0.15) is 17.0 Å². The summed E-state index contributed by atoms with van der Waals surface area (Å²) in [5.41, 5.74) is 2.98. The molecule has 0 aromatic heterocycles. The van der Waals surface area contributed by atoms with Gasteiger partial charge in [-0.3, -0.25) is 0 Å². The number of hydrogen-bond acceptors (Lipinski definition) is 3. The number of aldehydes is 1. The van der Waals surface area contributed by atoms with Crippen molar-refractivity contribution in [1.29, 1.82) is 0 Å². The maximum absolute atomic E-state index is 11.4. The third-order valence-electron chi connectivity index (χ3n) is 3.18. The quantitative estimate of drug-likeness (QED) is 0.772. The first kappa shape index (κ1) is 11.1. The Morgan fingerprint density at radius 1 is 1.17 bits per heavy atom. The topological polar surface area (TPSA) is 49.3 Å². The number of anilines is 2. The van der Waals surface area contributed by atoms with Crippen LogP contribution in [0.2, 0.25) is 5.02 Å². The van der Waals surface area contributed by atoms with E-state index >= 15 is 0 Å². The van der Waals surface area contributed by atoms with Crippen LogP contribution in [0.4, 0.5) is 11.4 Å². The van der Waals surface area contributed by atoms with Gasteiger partial charge in [0.25, 0.3) is 0 Å². The first-order valence-corrected chi connectivity index (χ1v) is 5.92. The summed E-state index contributed by atoms with van der Waals surface area (Å²) in [5, 5.41) is 13.5. The van der Waals surface area contributed by atoms with Crippen molar-refractivity contribution < 1.29 is 9.90 Å². The second-order valence-electron chi connectivity index (χ2n) is 4.18. The molecule has 0 aliphatic carbocycles. The zero-order chi connectivity index (χ0) is 12.7. The maximum Gasteiger partial charge on any atom is 0.140 e. The molecule has 0 saturated carbocycles. The number of aromatic hydroxyl groups is 1. The molecule has 90 valence electrons. The first-order chi connectivity index (χ1) is 8.72. The molecule has 1 unspecified atom stereocenters. The molecule has 2 N–H and O–H groups in total. The normalized spacial score (nSPS) is 16.4.